The van der Waals surface area contributed by atoms with Gasteiger partial charge in [0.1, 0.15) is 29.4 Å². The number of nitrogens with zero attached hydrogens (tertiary/aromatic N) is 4. The first-order chi connectivity index (χ1) is 24.9. The largest absolute Gasteiger partial charge is 0.497 e. The molecule has 4 aromatic carbocycles. The quantitative estimate of drug-likeness (QED) is 0.171. The van der Waals surface area contributed by atoms with E-state index in [4.69, 9.17) is 14.2 Å². The summed E-state index contributed by atoms with van der Waals surface area (Å²) in [6.45, 7) is 2.57. The van der Waals surface area contributed by atoms with E-state index in [9.17, 15) is 14.7 Å². The predicted octanol–water partition coefficient (Wildman–Crippen LogP) is 5.07. The summed E-state index contributed by atoms with van der Waals surface area (Å²) in [7, 11) is 1.62. The molecule has 0 bridgehead atoms. The molecule has 1 aliphatic rings. The van der Waals surface area contributed by atoms with E-state index >= 15 is 0 Å². The maximum absolute atomic E-state index is 13.1. The van der Waals surface area contributed by atoms with Crippen LogP contribution in [0.1, 0.15) is 47.4 Å². The molecule has 2 aromatic heterocycles. The van der Waals surface area contributed by atoms with Gasteiger partial charge in [0.05, 0.1) is 38.1 Å². The Balaban J connectivity index is 1.16. The minimum atomic E-state index is -1.07. The van der Waals surface area contributed by atoms with Gasteiger partial charge in [-0.3, -0.25) is 14.3 Å². The summed E-state index contributed by atoms with van der Waals surface area (Å²) in [4.78, 5) is 28.5. The molecule has 1 fully saturated rings. The van der Waals surface area contributed by atoms with Gasteiger partial charge in [-0.25, -0.2) is 9.48 Å². The van der Waals surface area contributed by atoms with E-state index in [-0.39, 0.29) is 18.6 Å². The first kappa shape index (κ1) is 33.9. The van der Waals surface area contributed by atoms with Gasteiger partial charge in [0.25, 0.3) is 5.56 Å². The number of aromatic nitrogens is 5. The highest BCUT2D eigenvalue weighted by Gasteiger charge is 2.42. The number of rotatable bonds is 12. The number of aryl methyl sites for hydroxylation is 1. The van der Waals surface area contributed by atoms with Crippen LogP contribution in [0.4, 0.5) is 0 Å². The molecule has 0 radical (unpaired) electrons. The van der Waals surface area contributed by atoms with Crippen LogP contribution in [0.25, 0.3) is 11.3 Å². The fourth-order valence-corrected chi connectivity index (χ4v) is 6.78. The fraction of sp³-hybridized carbons (Fsp3) is 0.250. The van der Waals surface area contributed by atoms with Gasteiger partial charge in [-0.05, 0) is 46.4 Å². The molecule has 260 valence electrons. The number of ether oxygens (including phenoxy) is 3. The molecule has 11 nitrogen and oxygen atoms in total. The Labute approximate surface area is 294 Å². The second-order valence-corrected chi connectivity index (χ2v) is 12.5. The van der Waals surface area contributed by atoms with E-state index in [1.54, 1.807) is 18.0 Å². The van der Waals surface area contributed by atoms with Crippen molar-refractivity contribution >= 4 is 0 Å². The summed E-state index contributed by atoms with van der Waals surface area (Å²) < 4.78 is 21.6. The van der Waals surface area contributed by atoms with Crippen molar-refractivity contribution in [2.45, 2.75) is 50.3 Å². The van der Waals surface area contributed by atoms with Gasteiger partial charge in [0.15, 0.2) is 0 Å². The SMILES string of the molecule is CCc1ccccc1Cn1cc(-c2cn([C@H]3C[C@H](O)[C@@H](COC(c4ccccc4)(c4ccccc4)c4ccc(OC)cc4)O3)c(=O)[nH]c2=O)nn1. The summed E-state index contributed by atoms with van der Waals surface area (Å²) in [5.41, 5.74) is 3.09. The van der Waals surface area contributed by atoms with Crippen LogP contribution in [0.15, 0.2) is 131 Å². The van der Waals surface area contributed by atoms with Crippen molar-refractivity contribution in [2.24, 2.45) is 0 Å². The Morgan fingerprint density at radius 2 is 1.49 bits per heavy atom. The molecule has 0 unspecified atom stereocenters. The monoisotopic (exact) mass is 685 g/mol. The van der Waals surface area contributed by atoms with Gasteiger partial charge >= 0.3 is 5.69 Å². The van der Waals surface area contributed by atoms with Crippen molar-refractivity contribution in [1.29, 1.82) is 0 Å². The maximum atomic E-state index is 13.1. The molecule has 7 rings (SSSR count). The number of aliphatic hydroxyl groups is 1. The molecule has 2 N–H and O–H groups in total. The maximum Gasteiger partial charge on any atom is 0.330 e. The molecule has 6 aromatic rings. The molecule has 1 aliphatic heterocycles. The Morgan fingerprint density at radius 1 is 0.863 bits per heavy atom. The average Bonchev–Trinajstić information content (AvgIpc) is 3.79. The van der Waals surface area contributed by atoms with Gasteiger partial charge in [-0.2, -0.15) is 0 Å². The number of hydrogen-bond donors (Lipinski definition) is 2. The van der Waals surface area contributed by atoms with Gasteiger partial charge in [-0.1, -0.05) is 109 Å². The normalized spacial score (nSPS) is 17.4. The number of methoxy groups -OCH3 is 1. The van der Waals surface area contributed by atoms with Crippen LogP contribution in [-0.2, 0) is 28.0 Å². The summed E-state index contributed by atoms with van der Waals surface area (Å²) in [6, 6.07) is 35.5. The Hall–Kier alpha value is -5.62. The van der Waals surface area contributed by atoms with Crippen LogP contribution in [-0.4, -0.2) is 55.6 Å². The van der Waals surface area contributed by atoms with E-state index in [0.29, 0.717) is 18.0 Å². The van der Waals surface area contributed by atoms with Crippen molar-refractivity contribution in [1.82, 2.24) is 24.5 Å². The molecular weight excluding hydrogens is 646 g/mol. The Kier molecular flexibility index (Phi) is 9.76. The molecule has 0 amide bonds. The molecule has 1 saturated heterocycles. The third-order valence-corrected chi connectivity index (χ3v) is 9.45. The third kappa shape index (κ3) is 6.79. The summed E-state index contributed by atoms with van der Waals surface area (Å²) in [5.74, 6) is 0.709. The summed E-state index contributed by atoms with van der Waals surface area (Å²) in [5, 5.41) is 19.8. The molecule has 11 heteroatoms. The number of H-pyrrole nitrogens is 1. The number of benzene rings is 4. The molecule has 0 saturated carbocycles. The average molecular weight is 686 g/mol. The first-order valence-corrected chi connectivity index (χ1v) is 17.0. The van der Waals surface area contributed by atoms with Gasteiger partial charge in [0, 0.05) is 12.6 Å². The Bertz CT molecular complexity index is 2160. The molecule has 3 atom stereocenters. The number of hydrogen-bond acceptors (Lipinski definition) is 8. The lowest BCUT2D eigenvalue weighted by Gasteiger charge is -2.37. The number of nitrogens with one attached hydrogen (secondary N) is 1. The van der Waals surface area contributed by atoms with Crippen LogP contribution in [0.3, 0.4) is 0 Å². The molecule has 3 heterocycles. The van der Waals surface area contributed by atoms with Crippen molar-refractivity contribution in [2.75, 3.05) is 13.7 Å². The minimum Gasteiger partial charge on any atom is -0.497 e. The lowest BCUT2D eigenvalue weighted by molar-refractivity contribution is -0.0944. The highest BCUT2D eigenvalue weighted by atomic mass is 16.6. The lowest BCUT2D eigenvalue weighted by Crippen LogP contribution is -2.38. The molecule has 0 aliphatic carbocycles. The van der Waals surface area contributed by atoms with Crippen LogP contribution < -0.4 is 16.0 Å². The zero-order valence-electron chi connectivity index (χ0n) is 28.4. The van der Waals surface area contributed by atoms with Crippen LogP contribution >= 0.6 is 0 Å². The Morgan fingerprint density at radius 3 is 2.14 bits per heavy atom. The number of aromatic amines is 1. The molecule has 0 spiro atoms. The fourth-order valence-electron chi connectivity index (χ4n) is 6.78. The smallest absolute Gasteiger partial charge is 0.330 e. The van der Waals surface area contributed by atoms with Crippen molar-refractivity contribution in [3.63, 3.8) is 0 Å². The van der Waals surface area contributed by atoms with Crippen LogP contribution in [0, 0.1) is 0 Å². The van der Waals surface area contributed by atoms with Crippen molar-refractivity contribution < 1.29 is 19.3 Å². The van der Waals surface area contributed by atoms with Crippen molar-refractivity contribution in [3.05, 3.63) is 170 Å². The third-order valence-electron chi connectivity index (χ3n) is 9.45. The van der Waals surface area contributed by atoms with Crippen LogP contribution in [0.2, 0.25) is 0 Å². The molecule has 51 heavy (non-hydrogen) atoms. The predicted molar refractivity (Wildman–Crippen MR) is 192 cm³/mol. The van der Waals surface area contributed by atoms with Gasteiger partial charge in [-0.15, -0.1) is 5.10 Å². The first-order valence-electron chi connectivity index (χ1n) is 17.0. The second-order valence-electron chi connectivity index (χ2n) is 12.5. The van der Waals surface area contributed by atoms with E-state index in [1.807, 2.05) is 103 Å². The van der Waals surface area contributed by atoms with E-state index in [0.717, 1.165) is 28.7 Å². The zero-order chi connectivity index (χ0) is 35.4. The van der Waals surface area contributed by atoms with E-state index < -0.39 is 35.3 Å². The lowest BCUT2D eigenvalue weighted by atomic mass is 9.80. The summed E-state index contributed by atoms with van der Waals surface area (Å²) >= 11 is 0. The minimum absolute atomic E-state index is 0.00793. The van der Waals surface area contributed by atoms with E-state index in [2.05, 4.69) is 28.3 Å². The summed E-state index contributed by atoms with van der Waals surface area (Å²) in [6.07, 6.45) is 1.46. The second kappa shape index (κ2) is 14.7. The topological polar surface area (TPSA) is 133 Å². The highest BCUT2D eigenvalue weighted by molar-refractivity contribution is 5.55. The van der Waals surface area contributed by atoms with Crippen molar-refractivity contribution in [3.8, 4) is 17.0 Å². The highest BCUT2D eigenvalue weighted by Crippen LogP contribution is 2.42. The van der Waals surface area contributed by atoms with Crippen LogP contribution in [0.5, 0.6) is 5.75 Å². The van der Waals surface area contributed by atoms with Gasteiger partial charge < -0.3 is 19.3 Å². The zero-order valence-corrected chi connectivity index (χ0v) is 28.4. The van der Waals surface area contributed by atoms with E-state index in [1.165, 1.54) is 16.3 Å². The molecular formula is C40H39N5O6. The standard InChI is InChI=1S/C40H39N5O6/c1-3-27-12-10-11-13-28(27)23-44-25-34(42-43-44)33-24-45(39(48)41-38(33)47)37-22-35(46)36(51-37)26-50-40(29-14-6-4-7-15-29,30-16-8-5-9-17-30)31-18-20-32(49-2)21-19-31/h4-21,24-25,35-37,46H,3,22-23,26H2,1-2H3,(H,41,47,48)/t35-,36+,37+/m0/s1. The number of aliphatic hydroxyl groups excluding tert-OH is 1. The van der Waals surface area contributed by atoms with Gasteiger partial charge in [0.2, 0.25) is 0 Å².